The molecule has 21 heavy (non-hydrogen) atoms. The van der Waals surface area contributed by atoms with Crippen LogP contribution in [0.1, 0.15) is 0 Å². The van der Waals surface area contributed by atoms with Gasteiger partial charge in [0.05, 0.1) is 5.75 Å². The van der Waals surface area contributed by atoms with E-state index in [4.69, 9.17) is 11.7 Å². The molecule has 0 saturated heterocycles. The summed E-state index contributed by atoms with van der Waals surface area (Å²) in [5.74, 6) is 8.33. The number of nitrogen functional groups attached to an aromatic ring is 2. The van der Waals surface area contributed by atoms with E-state index in [1.54, 1.807) is 0 Å². The molecule has 6 N–H and O–H groups in total. The van der Waals surface area contributed by atoms with Gasteiger partial charge in [-0.1, -0.05) is 17.8 Å². The van der Waals surface area contributed by atoms with Gasteiger partial charge in [0.2, 0.25) is 11.1 Å². The van der Waals surface area contributed by atoms with E-state index in [1.807, 2.05) is 0 Å². The second kappa shape index (κ2) is 6.37. The van der Waals surface area contributed by atoms with Crippen molar-refractivity contribution in [1.82, 2.24) is 14.9 Å². The summed E-state index contributed by atoms with van der Waals surface area (Å²) in [6, 6.07) is 3.29. The first-order chi connectivity index (χ1) is 10.0. The van der Waals surface area contributed by atoms with Crippen molar-refractivity contribution in [2.24, 2.45) is 5.84 Å². The SMILES string of the molecule is NNc1nnc(SCC(=O)Nc2c(F)cccc2F)n1N. The average molecular weight is 315 g/mol. The van der Waals surface area contributed by atoms with Gasteiger partial charge in [0.1, 0.15) is 17.3 Å². The summed E-state index contributed by atoms with van der Waals surface area (Å²) in [6.07, 6.45) is 0. The third kappa shape index (κ3) is 3.38. The monoisotopic (exact) mass is 315 g/mol. The lowest BCUT2D eigenvalue weighted by Crippen LogP contribution is -2.20. The summed E-state index contributed by atoms with van der Waals surface area (Å²) >= 11 is 0.934. The molecule has 11 heteroatoms. The lowest BCUT2D eigenvalue weighted by atomic mass is 10.3. The predicted molar refractivity (Wildman–Crippen MR) is 73.7 cm³/mol. The van der Waals surface area contributed by atoms with Gasteiger partial charge in [-0.3, -0.25) is 10.2 Å². The van der Waals surface area contributed by atoms with Crippen molar-refractivity contribution in [3.8, 4) is 0 Å². The fourth-order valence-corrected chi connectivity index (χ4v) is 2.05. The number of aromatic nitrogens is 3. The van der Waals surface area contributed by atoms with Crippen LogP contribution in [0, 0.1) is 11.6 Å². The van der Waals surface area contributed by atoms with Crippen molar-refractivity contribution in [1.29, 1.82) is 0 Å². The van der Waals surface area contributed by atoms with Gasteiger partial charge in [-0.05, 0) is 12.1 Å². The van der Waals surface area contributed by atoms with Crippen molar-refractivity contribution in [2.45, 2.75) is 5.16 Å². The molecule has 8 nitrogen and oxygen atoms in total. The minimum atomic E-state index is -0.857. The predicted octanol–water partition coefficient (Wildman–Crippen LogP) is 0.286. The molecule has 0 aliphatic heterocycles. The van der Waals surface area contributed by atoms with E-state index in [-0.39, 0.29) is 16.9 Å². The van der Waals surface area contributed by atoms with Crippen molar-refractivity contribution >= 4 is 29.3 Å². The van der Waals surface area contributed by atoms with Crippen molar-refractivity contribution in [2.75, 3.05) is 22.3 Å². The molecular formula is C10H11F2N7OS. The summed E-state index contributed by atoms with van der Waals surface area (Å²) < 4.78 is 27.8. The van der Waals surface area contributed by atoms with E-state index < -0.39 is 23.2 Å². The molecule has 2 rings (SSSR count). The third-order valence-electron chi connectivity index (χ3n) is 2.35. The number of halogens is 2. The number of hydrazine groups is 1. The van der Waals surface area contributed by atoms with Gasteiger partial charge in [-0.25, -0.2) is 19.3 Å². The van der Waals surface area contributed by atoms with Gasteiger partial charge in [0.15, 0.2) is 0 Å². The highest BCUT2D eigenvalue weighted by Crippen LogP contribution is 2.20. The number of anilines is 2. The number of nitrogens with zero attached hydrogens (tertiary/aromatic N) is 3. The highest BCUT2D eigenvalue weighted by Gasteiger charge is 2.14. The standard InChI is InChI=1S/C10H11F2N7OS/c11-5-2-1-3-6(12)8(5)15-7(20)4-21-10-18-17-9(16-13)19(10)14/h1-3H,4,13-14H2,(H,15,20)(H,16,17). The Balaban J connectivity index is 1.98. The average Bonchev–Trinajstić information content (AvgIpc) is 2.81. The largest absolute Gasteiger partial charge is 0.334 e. The fourth-order valence-electron chi connectivity index (χ4n) is 1.40. The Morgan fingerprint density at radius 1 is 1.33 bits per heavy atom. The number of rotatable bonds is 5. The normalized spacial score (nSPS) is 10.4. The number of benzene rings is 1. The maximum atomic E-state index is 13.4. The van der Waals surface area contributed by atoms with Crippen LogP contribution in [0.2, 0.25) is 0 Å². The van der Waals surface area contributed by atoms with Crippen LogP contribution in [-0.2, 0) is 4.79 Å². The van der Waals surface area contributed by atoms with Crippen LogP contribution >= 0.6 is 11.8 Å². The van der Waals surface area contributed by atoms with E-state index in [1.165, 1.54) is 6.07 Å². The summed E-state index contributed by atoms with van der Waals surface area (Å²) in [5, 5.41) is 9.64. The maximum absolute atomic E-state index is 13.4. The van der Waals surface area contributed by atoms with Crippen LogP contribution in [0.4, 0.5) is 20.4 Å². The number of carbonyl (C=O) groups excluding carboxylic acids is 1. The Hall–Kier alpha value is -2.40. The number of nitrogens with one attached hydrogen (secondary N) is 2. The molecule has 1 heterocycles. The molecule has 112 valence electrons. The van der Waals surface area contributed by atoms with Crippen molar-refractivity contribution in [3.05, 3.63) is 29.8 Å². The zero-order valence-electron chi connectivity index (χ0n) is 10.5. The van der Waals surface area contributed by atoms with Gasteiger partial charge in [-0.2, -0.15) is 0 Å². The number of amides is 1. The minimum Gasteiger partial charge on any atom is -0.334 e. The van der Waals surface area contributed by atoms with Crippen LogP contribution in [0.25, 0.3) is 0 Å². The minimum absolute atomic E-state index is 0.109. The van der Waals surface area contributed by atoms with Gasteiger partial charge < -0.3 is 11.2 Å². The number of nitrogens with two attached hydrogens (primary N) is 2. The molecule has 0 atom stereocenters. The van der Waals surface area contributed by atoms with Gasteiger partial charge in [0, 0.05) is 0 Å². The Labute approximate surface area is 121 Å². The van der Waals surface area contributed by atoms with E-state index in [9.17, 15) is 13.6 Å². The van der Waals surface area contributed by atoms with E-state index in [0.717, 1.165) is 28.6 Å². The number of para-hydroxylation sites is 1. The lowest BCUT2D eigenvalue weighted by Gasteiger charge is -2.07. The molecule has 0 aliphatic rings. The molecule has 1 amide bonds. The molecule has 1 aromatic heterocycles. The highest BCUT2D eigenvalue weighted by molar-refractivity contribution is 7.99. The molecule has 0 unspecified atom stereocenters. The second-order valence-electron chi connectivity index (χ2n) is 3.75. The molecule has 0 saturated carbocycles. The first-order valence-corrected chi connectivity index (χ1v) is 6.55. The van der Waals surface area contributed by atoms with Gasteiger partial charge in [0.25, 0.3) is 5.95 Å². The van der Waals surface area contributed by atoms with E-state index in [2.05, 4.69) is 20.9 Å². The zero-order valence-corrected chi connectivity index (χ0v) is 11.3. The Bertz CT molecular complexity index is 643. The van der Waals surface area contributed by atoms with Crippen molar-refractivity contribution in [3.63, 3.8) is 0 Å². The molecule has 0 bridgehead atoms. The molecule has 0 fully saturated rings. The number of hydrogen-bond acceptors (Lipinski definition) is 7. The summed E-state index contributed by atoms with van der Waals surface area (Å²) in [4.78, 5) is 11.7. The summed E-state index contributed by atoms with van der Waals surface area (Å²) in [7, 11) is 0. The van der Waals surface area contributed by atoms with E-state index in [0.29, 0.717) is 0 Å². The Morgan fingerprint density at radius 2 is 2.00 bits per heavy atom. The first-order valence-electron chi connectivity index (χ1n) is 5.56. The number of hydrogen-bond donors (Lipinski definition) is 4. The lowest BCUT2D eigenvalue weighted by molar-refractivity contribution is -0.113. The zero-order chi connectivity index (χ0) is 15.4. The third-order valence-corrected chi connectivity index (χ3v) is 3.30. The van der Waals surface area contributed by atoms with Crippen LogP contribution in [0.5, 0.6) is 0 Å². The molecule has 0 radical (unpaired) electrons. The molecule has 1 aromatic carbocycles. The quantitative estimate of drug-likeness (QED) is 0.355. The Morgan fingerprint density at radius 3 is 2.57 bits per heavy atom. The first kappa shape index (κ1) is 15.0. The topological polar surface area (TPSA) is 124 Å². The second-order valence-corrected chi connectivity index (χ2v) is 4.70. The molecule has 0 spiro atoms. The van der Waals surface area contributed by atoms with Crippen LogP contribution in [0.3, 0.4) is 0 Å². The van der Waals surface area contributed by atoms with Crippen molar-refractivity contribution < 1.29 is 13.6 Å². The maximum Gasteiger partial charge on any atom is 0.258 e. The van der Waals surface area contributed by atoms with Gasteiger partial charge >= 0.3 is 0 Å². The number of thioether (sulfide) groups is 1. The molecule has 2 aromatic rings. The Kier molecular flexibility index (Phi) is 4.55. The summed E-state index contributed by atoms with van der Waals surface area (Å²) in [6.45, 7) is 0. The van der Waals surface area contributed by atoms with Crippen LogP contribution < -0.4 is 22.4 Å². The van der Waals surface area contributed by atoms with E-state index >= 15 is 0 Å². The summed E-state index contributed by atoms with van der Waals surface area (Å²) in [5.41, 5.74) is 1.71. The fraction of sp³-hybridized carbons (Fsp3) is 0.100. The van der Waals surface area contributed by atoms with Crippen LogP contribution in [-0.4, -0.2) is 26.5 Å². The smallest absolute Gasteiger partial charge is 0.258 e. The highest BCUT2D eigenvalue weighted by atomic mass is 32.2. The molecular weight excluding hydrogens is 304 g/mol. The van der Waals surface area contributed by atoms with Crippen LogP contribution in [0.15, 0.2) is 23.4 Å². The number of carbonyl (C=O) groups is 1. The molecule has 0 aliphatic carbocycles. The van der Waals surface area contributed by atoms with Gasteiger partial charge in [-0.15, -0.1) is 10.2 Å².